The second-order valence-electron chi connectivity index (χ2n) is 4.28. The number of rotatable bonds is 2. The van der Waals surface area contributed by atoms with Gasteiger partial charge in [0.05, 0.1) is 28.9 Å². The predicted octanol–water partition coefficient (Wildman–Crippen LogP) is 2.69. The summed E-state index contributed by atoms with van der Waals surface area (Å²) in [6.45, 7) is 0. The first kappa shape index (κ1) is 11.9. The molecule has 1 aromatic heterocycles. The van der Waals surface area contributed by atoms with Crippen LogP contribution >= 0.6 is 0 Å². The van der Waals surface area contributed by atoms with Gasteiger partial charge in [-0.2, -0.15) is 10.4 Å². The predicted molar refractivity (Wildman–Crippen MR) is 75.2 cm³/mol. The van der Waals surface area contributed by atoms with E-state index in [9.17, 15) is 4.79 Å². The Bertz CT molecular complexity index is 812. The van der Waals surface area contributed by atoms with Gasteiger partial charge in [-0.05, 0) is 36.4 Å². The van der Waals surface area contributed by atoms with Crippen molar-refractivity contribution in [2.45, 2.75) is 0 Å². The molecule has 1 amide bonds. The lowest BCUT2D eigenvalue weighted by Crippen LogP contribution is -2.12. The molecular formula is C15H10N4O. The number of benzene rings is 2. The summed E-state index contributed by atoms with van der Waals surface area (Å²) in [4.78, 5) is 12.3. The van der Waals surface area contributed by atoms with Crippen LogP contribution in [0.1, 0.15) is 15.9 Å². The SMILES string of the molecule is N#Cc1ccc(NC(=O)c2cccc3[nH]ncc23)cc1. The van der Waals surface area contributed by atoms with Crippen molar-refractivity contribution in [3.05, 3.63) is 59.8 Å². The van der Waals surface area contributed by atoms with Crippen molar-refractivity contribution in [2.75, 3.05) is 5.32 Å². The molecule has 2 N–H and O–H groups in total. The van der Waals surface area contributed by atoms with Crippen molar-refractivity contribution in [3.63, 3.8) is 0 Å². The zero-order chi connectivity index (χ0) is 13.9. The van der Waals surface area contributed by atoms with Crippen molar-refractivity contribution >= 4 is 22.5 Å². The van der Waals surface area contributed by atoms with Crippen LogP contribution in [0.25, 0.3) is 10.9 Å². The average molecular weight is 262 g/mol. The summed E-state index contributed by atoms with van der Waals surface area (Å²) in [6.07, 6.45) is 1.63. The Kier molecular flexibility index (Phi) is 2.90. The minimum absolute atomic E-state index is 0.207. The van der Waals surface area contributed by atoms with Crippen LogP contribution in [-0.4, -0.2) is 16.1 Å². The summed E-state index contributed by atoms with van der Waals surface area (Å²) in [5, 5.41) is 19.1. The van der Waals surface area contributed by atoms with Gasteiger partial charge in [-0.1, -0.05) is 6.07 Å². The molecule has 0 fully saturated rings. The molecule has 0 radical (unpaired) electrons. The van der Waals surface area contributed by atoms with Crippen molar-refractivity contribution in [1.29, 1.82) is 5.26 Å². The van der Waals surface area contributed by atoms with Crippen molar-refractivity contribution < 1.29 is 4.79 Å². The molecule has 2 aromatic carbocycles. The first-order valence-electron chi connectivity index (χ1n) is 6.01. The minimum Gasteiger partial charge on any atom is -0.322 e. The van der Waals surface area contributed by atoms with Crippen LogP contribution in [-0.2, 0) is 0 Å². The molecular weight excluding hydrogens is 252 g/mol. The number of hydrogen-bond acceptors (Lipinski definition) is 3. The lowest BCUT2D eigenvalue weighted by molar-refractivity contribution is 0.102. The maximum Gasteiger partial charge on any atom is 0.256 e. The van der Waals surface area contributed by atoms with E-state index in [1.54, 1.807) is 42.6 Å². The molecule has 0 unspecified atom stereocenters. The van der Waals surface area contributed by atoms with Gasteiger partial charge in [0.2, 0.25) is 0 Å². The maximum atomic E-state index is 12.3. The smallest absolute Gasteiger partial charge is 0.256 e. The standard InChI is InChI=1S/C15H10N4O/c16-8-10-4-6-11(7-5-10)18-15(20)12-2-1-3-14-13(12)9-17-19-14/h1-7,9H,(H,17,19)(H,18,20). The molecule has 96 valence electrons. The highest BCUT2D eigenvalue weighted by molar-refractivity contribution is 6.12. The number of nitrogens with one attached hydrogen (secondary N) is 2. The molecule has 0 spiro atoms. The zero-order valence-electron chi connectivity index (χ0n) is 10.4. The molecule has 0 aliphatic rings. The molecule has 3 rings (SSSR count). The van der Waals surface area contributed by atoms with Crippen LogP contribution in [0.3, 0.4) is 0 Å². The summed E-state index contributed by atoms with van der Waals surface area (Å²) in [6, 6.07) is 14.2. The van der Waals surface area contributed by atoms with Crippen molar-refractivity contribution in [2.24, 2.45) is 0 Å². The summed E-state index contributed by atoms with van der Waals surface area (Å²) in [5.41, 5.74) is 2.58. The highest BCUT2D eigenvalue weighted by Gasteiger charge is 2.11. The third-order valence-electron chi connectivity index (χ3n) is 3.00. The molecule has 5 heteroatoms. The zero-order valence-corrected chi connectivity index (χ0v) is 10.4. The number of nitriles is 1. The lowest BCUT2D eigenvalue weighted by atomic mass is 10.1. The van der Waals surface area contributed by atoms with Crippen LogP contribution in [0.15, 0.2) is 48.7 Å². The van der Waals surface area contributed by atoms with E-state index in [2.05, 4.69) is 15.5 Å². The normalized spacial score (nSPS) is 10.2. The average Bonchev–Trinajstić information content (AvgIpc) is 2.96. The van der Waals surface area contributed by atoms with Crippen LogP contribution in [0, 0.1) is 11.3 Å². The monoisotopic (exact) mass is 262 g/mol. The van der Waals surface area contributed by atoms with Crippen molar-refractivity contribution in [1.82, 2.24) is 10.2 Å². The van der Waals surface area contributed by atoms with E-state index in [0.717, 1.165) is 10.9 Å². The molecule has 20 heavy (non-hydrogen) atoms. The molecule has 0 saturated heterocycles. The number of fused-ring (bicyclic) bond motifs is 1. The number of anilines is 1. The van der Waals surface area contributed by atoms with E-state index >= 15 is 0 Å². The summed E-state index contributed by atoms with van der Waals surface area (Å²) in [7, 11) is 0. The van der Waals surface area contributed by atoms with Crippen LogP contribution in [0.4, 0.5) is 5.69 Å². The van der Waals surface area contributed by atoms with Crippen LogP contribution in [0.5, 0.6) is 0 Å². The van der Waals surface area contributed by atoms with Crippen LogP contribution in [0.2, 0.25) is 0 Å². The molecule has 3 aromatic rings. The van der Waals surface area contributed by atoms with Crippen molar-refractivity contribution in [3.8, 4) is 6.07 Å². The Balaban J connectivity index is 1.89. The van der Waals surface area contributed by atoms with Gasteiger partial charge in [0.15, 0.2) is 0 Å². The van der Waals surface area contributed by atoms with E-state index in [1.165, 1.54) is 0 Å². The Labute approximate surface area is 114 Å². The van der Waals surface area contributed by atoms with Gasteiger partial charge < -0.3 is 5.32 Å². The molecule has 1 heterocycles. The lowest BCUT2D eigenvalue weighted by Gasteiger charge is -2.06. The maximum absolute atomic E-state index is 12.3. The fraction of sp³-hybridized carbons (Fsp3) is 0. The third-order valence-corrected chi connectivity index (χ3v) is 3.00. The molecule has 0 saturated carbocycles. The molecule has 0 bridgehead atoms. The Morgan fingerprint density at radius 2 is 2.00 bits per heavy atom. The third kappa shape index (κ3) is 2.10. The van der Waals surface area contributed by atoms with Gasteiger partial charge >= 0.3 is 0 Å². The number of amides is 1. The number of H-pyrrole nitrogens is 1. The topological polar surface area (TPSA) is 81.6 Å². The quantitative estimate of drug-likeness (QED) is 0.745. The fourth-order valence-electron chi connectivity index (χ4n) is 1.99. The number of carbonyl (C=O) groups excluding carboxylic acids is 1. The molecule has 0 atom stereocenters. The summed E-state index contributed by atoms with van der Waals surface area (Å²) < 4.78 is 0. The van der Waals surface area contributed by atoms with E-state index in [0.29, 0.717) is 16.8 Å². The van der Waals surface area contributed by atoms with E-state index < -0.39 is 0 Å². The number of nitrogens with zero attached hydrogens (tertiary/aromatic N) is 2. The minimum atomic E-state index is -0.207. The Morgan fingerprint density at radius 1 is 1.20 bits per heavy atom. The highest BCUT2D eigenvalue weighted by Crippen LogP contribution is 2.18. The van der Waals surface area contributed by atoms with Gasteiger partial charge in [-0.25, -0.2) is 0 Å². The number of carbonyl (C=O) groups is 1. The van der Waals surface area contributed by atoms with Gasteiger partial charge in [-0.3, -0.25) is 9.89 Å². The summed E-state index contributed by atoms with van der Waals surface area (Å²) in [5.74, 6) is -0.207. The van der Waals surface area contributed by atoms with E-state index in [4.69, 9.17) is 5.26 Å². The summed E-state index contributed by atoms with van der Waals surface area (Å²) >= 11 is 0. The first-order chi connectivity index (χ1) is 9.78. The van der Waals surface area contributed by atoms with Gasteiger partial charge in [0.1, 0.15) is 0 Å². The van der Waals surface area contributed by atoms with E-state index in [-0.39, 0.29) is 5.91 Å². The number of aromatic amines is 1. The Hall–Kier alpha value is -3.13. The largest absolute Gasteiger partial charge is 0.322 e. The number of aromatic nitrogens is 2. The first-order valence-corrected chi connectivity index (χ1v) is 6.01. The van der Waals surface area contributed by atoms with Gasteiger partial charge in [0, 0.05) is 11.1 Å². The molecule has 0 aliphatic heterocycles. The van der Waals surface area contributed by atoms with Gasteiger partial charge in [0.25, 0.3) is 5.91 Å². The van der Waals surface area contributed by atoms with Gasteiger partial charge in [-0.15, -0.1) is 0 Å². The Morgan fingerprint density at radius 3 is 2.75 bits per heavy atom. The van der Waals surface area contributed by atoms with E-state index in [1.807, 2.05) is 12.1 Å². The second kappa shape index (κ2) is 4.86. The van der Waals surface area contributed by atoms with Crippen LogP contribution < -0.4 is 5.32 Å². The molecule has 5 nitrogen and oxygen atoms in total. The molecule has 0 aliphatic carbocycles. The number of hydrogen-bond donors (Lipinski definition) is 2. The highest BCUT2D eigenvalue weighted by atomic mass is 16.1. The fourth-order valence-corrected chi connectivity index (χ4v) is 1.99. The second-order valence-corrected chi connectivity index (χ2v) is 4.28.